The number of carbonyl (C=O) groups excluding carboxylic acids is 1. The lowest BCUT2D eigenvalue weighted by molar-refractivity contribution is 0.0729. The number of rotatable bonds is 6. The van der Waals surface area contributed by atoms with E-state index in [9.17, 15) is 13.2 Å². The van der Waals surface area contributed by atoms with E-state index >= 15 is 0 Å². The van der Waals surface area contributed by atoms with E-state index in [1.807, 2.05) is 0 Å². The highest BCUT2D eigenvalue weighted by atomic mass is 32.2. The average Bonchev–Trinajstić information content (AvgIpc) is 3.33. The second kappa shape index (κ2) is 9.82. The van der Waals surface area contributed by atoms with Gasteiger partial charge in [-0.15, -0.1) is 0 Å². The summed E-state index contributed by atoms with van der Waals surface area (Å²) in [7, 11) is -2.32. The molecule has 33 heavy (non-hydrogen) atoms. The molecule has 9 nitrogen and oxygen atoms in total. The van der Waals surface area contributed by atoms with E-state index in [-0.39, 0.29) is 22.6 Å². The van der Waals surface area contributed by atoms with E-state index in [4.69, 9.17) is 9.47 Å². The third-order valence-electron chi connectivity index (χ3n) is 6.89. The molecule has 10 heteroatoms. The van der Waals surface area contributed by atoms with Gasteiger partial charge in [-0.3, -0.25) is 9.89 Å². The lowest BCUT2D eigenvalue weighted by atomic mass is 9.78. The largest absolute Gasteiger partial charge is 0.495 e. The van der Waals surface area contributed by atoms with E-state index in [1.54, 1.807) is 24.3 Å². The Bertz CT molecular complexity index is 1090. The van der Waals surface area contributed by atoms with Crippen LogP contribution >= 0.6 is 0 Å². The third-order valence-corrected chi connectivity index (χ3v) is 8.81. The Morgan fingerprint density at radius 1 is 1.21 bits per heavy atom. The molecular weight excluding hydrogens is 444 g/mol. The van der Waals surface area contributed by atoms with Crippen molar-refractivity contribution >= 4 is 15.9 Å². The molecule has 2 heterocycles. The molecule has 180 valence electrons. The summed E-state index contributed by atoms with van der Waals surface area (Å²) in [5.74, 6) is 1.06. The molecule has 1 aliphatic carbocycles. The molecule has 0 spiro atoms. The van der Waals surface area contributed by atoms with Gasteiger partial charge < -0.3 is 14.8 Å². The molecule has 2 aromatic rings. The molecule has 1 aromatic carbocycles. The molecule has 2 fully saturated rings. The number of methoxy groups -OCH3 is 1. The smallest absolute Gasteiger partial charge is 0.269 e. The Labute approximate surface area is 194 Å². The minimum Gasteiger partial charge on any atom is -0.495 e. The van der Waals surface area contributed by atoms with Crippen LogP contribution in [0.25, 0.3) is 11.3 Å². The van der Waals surface area contributed by atoms with Gasteiger partial charge in [0.15, 0.2) is 0 Å². The van der Waals surface area contributed by atoms with Crippen molar-refractivity contribution in [1.29, 1.82) is 0 Å². The number of morpholine rings is 1. The SMILES string of the molecule is COc1ccc(-c2cc(C(=O)N[C@@H]3CCC[C@@H](C)[C@@H]3C)[nH]n2)cc1S(=O)(=O)N1CCOCC1. The van der Waals surface area contributed by atoms with Crippen LogP contribution in [0.3, 0.4) is 0 Å². The summed E-state index contributed by atoms with van der Waals surface area (Å²) in [5, 5.41) is 10.2. The van der Waals surface area contributed by atoms with Gasteiger partial charge in [-0.25, -0.2) is 8.42 Å². The summed E-state index contributed by atoms with van der Waals surface area (Å²) in [4.78, 5) is 12.9. The lowest BCUT2D eigenvalue weighted by Crippen LogP contribution is -2.43. The van der Waals surface area contributed by atoms with Crippen LogP contribution in [0.5, 0.6) is 5.75 Å². The molecule has 0 unspecified atom stereocenters. The highest BCUT2D eigenvalue weighted by Crippen LogP contribution is 2.32. The van der Waals surface area contributed by atoms with Crippen molar-refractivity contribution in [2.75, 3.05) is 33.4 Å². The van der Waals surface area contributed by atoms with E-state index in [2.05, 4.69) is 29.4 Å². The van der Waals surface area contributed by atoms with E-state index < -0.39 is 10.0 Å². The molecule has 0 bridgehead atoms. The maximum atomic E-state index is 13.2. The van der Waals surface area contributed by atoms with Crippen molar-refractivity contribution in [3.8, 4) is 17.0 Å². The summed E-state index contributed by atoms with van der Waals surface area (Å²) >= 11 is 0. The molecule has 3 atom stereocenters. The molecule has 1 aliphatic heterocycles. The normalized spacial score (nSPS) is 24.4. The van der Waals surface area contributed by atoms with Crippen molar-refractivity contribution in [3.05, 3.63) is 30.0 Å². The fourth-order valence-corrected chi connectivity index (χ4v) is 6.17. The molecule has 1 saturated carbocycles. The van der Waals surface area contributed by atoms with Gasteiger partial charge in [0.25, 0.3) is 5.91 Å². The van der Waals surface area contributed by atoms with Crippen LogP contribution in [0.15, 0.2) is 29.2 Å². The quantitative estimate of drug-likeness (QED) is 0.663. The zero-order valence-corrected chi connectivity index (χ0v) is 20.2. The van der Waals surface area contributed by atoms with Crippen LogP contribution in [-0.4, -0.2) is 68.3 Å². The van der Waals surface area contributed by atoms with Crippen molar-refractivity contribution in [2.24, 2.45) is 11.8 Å². The van der Waals surface area contributed by atoms with Crippen molar-refractivity contribution in [3.63, 3.8) is 0 Å². The fraction of sp³-hybridized carbons (Fsp3) is 0.565. The third kappa shape index (κ3) is 4.92. The van der Waals surface area contributed by atoms with Gasteiger partial charge in [-0.1, -0.05) is 26.7 Å². The van der Waals surface area contributed by atoms with Gasteiger partial charge in [-0.05, 0) is 42.5 Å². The van der Waals surface area contributed by atoms with Crippen molar-refractivity contribution in [2.45, 2.75) is 44.0 Å². The minimum absolute atomic E-state index is 0.0726. The van der Waals surface area contributed by atoms with E-state index in [0.717, 1.165) is 12.8 Å². The first-order valence-electron chi connectivity index (χ1n) is 11.4. The molecule has 1 aromatic heterocycles. The average molecular weight is 477 g/mol. The van der Waals surface area contributed by atoms with Crippen molar-refractivity contribution in [1.82, 2.24) is 19.8 Å². The number of hydrogen-bond donors (Lipinski definition) is 2. The Hall–Kier alpha value is -2.43. The van der Waals surface area contributed by atoms with Gasteiger partial charge >= 0.3 is 0 Å². The predicted octanol–water partition coefficient (Wildman–Crippen LogP) is 2.66. The van der Waals surface area contributed by atoms with Gasteiger partial charge in [0.05, 0.1) is 26.0 Å². The maximum absolute atomic E-state index is 13.2. The summed E-state index contributed by atoms with van der Waals surface area (Å²) in [6.45, 7) is 5.71. The highest BCUT2D eigenvalue weighted by Gasteiger charge is 2.31. The number of carbonyl (C=O) groups is 1. The summed E-state index contributed by atoms with van der Waals surface area (Å²) < 4.78 is 38.5. The topological polar surface area (TPSA) is 114 Å². The van der Waals surface area contributed by atoms with Gasteiger partial charge in [0.1, 0.15) is 16.3 Å². The van der Waals surface area contributed by atoms with Gasteiger partial charge in [0, 0.05) is 24.7 Å². The van der Waals surface area contributed by atoms with Crippen LogP contribution in [0.4, 0.5) is 0 Å². The summed E-state index contributed by atoms with van der Waals surface area (Å²) in [6.07, 6.45) is 3.27. The first-order valence-corrected chi connectivity index (χ1v) is 12.9. The zero-order chi connectivity index (χ0) is 23.6. The standard InChI is InChI=1S/C23H32N4O5S/c1-15-5-4-6-18(16(15)2)24-23(28)20-14-19(25-26-20)17-7-8-21(31-3)22(13-17)33(29,30)27-9-11-32-12-10-27/h7-8,13-16,18H,4-6,9-12H2,1-3H3,(H,24,28)(H,25,26)/t15-,16+,18-/m1/s1. The fourth-order valence-electron chi connectivity index (χ4n) is 4.58. The van der Waals surface area contributed by atoms with Crippen LogP contribution in [0.1, 0.15) is 43.6 Å². The van der Waals surface area contributed by atoms with Crippen LogP contribution < -0.4 is 10.1 Å². The number of ether oxygens (including phenoxy) is 2. The summed E-state index contributed by atoms with van der Waals surface area (Å²) in [5.41, 5.74) is 1.42. The van der Waals surface area contributed by atoms with Gasteiger partial charge in [0.2, 0.25) is 10.0 Å². The molecule has 0 radical (unpaired) electrons. The molecule has 4 rings (SSSR count). The van der Waals surface area contributed by atoms with Crippen LogP contribution in [0.2, 0.25) is 0 Å². The second-order valence-electron chi connectivity index (χ2n) is 8.90. The van der Waals surface area contributed by atoms with Crippen LogP contribution in [0, 0.1) is 11.8 Å². The molecule has 1 saturated heterocycles. The number of amides is 1. The molecule has 2 aliphatic rings. The highest BCUT2D eigenvalue weighted by molar-refractivity contribution is 7.89. The molecular formula is C23H32N4O5S. The lowest BCUT2D eigenvalue weighted by Gasteiger charge is -2.34. The van der Waals surface area contributed by atoms with Crippen molar-refractivity contribution < 1.29 is 22.7 Å². The zero-order valence-electron chi connectivity index (χ0n) is 19.3. The monoisotopic (exact) mass is 476 g/mol. The summed E-state index contributed by atoms with van der Waals surface area (Å²) in [6, 6.07) is 6.69. The Balaban J connectivity index is 1.56. The second-order valence-corrected chi connectivity index (χ2v) is 10.8. The number of benzene rings is 1. The maximum Gasteiger partial charge on any atom is 0.269 e. The molecule has 2 N–H and O–H groups in total. The van der Waals surface area contributed by atoms with E-state index in [1.165, 1.54) is 17.8 Å². The number of nitrogens with zero attached hydrogens (tertiary/aromatic N) is 2. The number of nitrogens with one attached hydrogen (secondary N) is 2. The number of hydrogen-bond acceptors (Lipinski definition) is 6. The first-order chi connectivity index (χ1) is 15.8. The predicted molar refractivity (Wildman–Crippen MR) is 124 cm³/mol. The van der Waals surface area contributed by atoms with Crippen LogP contribution in [-0.2, 0) is 14.8 Å². The number of aromatic amines is 1. The minimum atomic E-state index is -3.76. The number of aromatic nitrogens is 2. The van der Waals surface area contributed by atoms with E-state index in [0.29, 0.717) is 55.1 Å². The Kier molecular flexibility index (Phi) is 7.06. The first kappa shape index (κ1) is 23.7. The number of H-pyrrole nitrogens is 1. The Morgan fingerprint density at radius 2 is 1.97 bits per heavy atom. The van der Waals surface area contributed by atoms with Gasteiger partial charge in [-0.2, -0.15) is 9.40 Å². The molecule has 1 amide bonds. The number of sulfonamides is 1. The Morgan fingerprint density at radius 3 is 2.70 bits per heavy atom.